The Labute approximate surface area is 85.1 Å². The molecule has 4 N–H and O–H groups in total. The fourth-order valence-electron chi connectivity index (χ4n) is 0.554. The molecule has 2 unspecified atom stereocenters. The van der Waals surface area contributed by atoms with Crippen LogP contribution in [0.3, 0.4) is 0 Å². The summed E-state index contributed by atoms with van der Waals surface area (Å²) in [7, 11) is 0. The first-order valence-corrected chi connectivity index (χ1v) is 3.24. The highest BCUT2D eigenvalue weighted by Crippen LogP contribution is 1.97. The summed E-state index contributed by atoms with van der Waals surface area (Å²) in [4.78, 5) is 0. The number of alkyl halides is 1. The van der Waals surface area contributed by atoms with Crippen LogP contribution in [0.4, 0.5) is 4.39 Å². The molecular weight excluding hydrogens is 202 g/mol. The third kappa shape index (κ3) is 9.99. The lowest BCUT2D eigenvalue weighted by Gasteiger charge is -2.07. The van der Waals surface area contributed by atoms with Crippen LogP contribution >= 0.6 is 24.8 Å². The third-order valence-corrected chi connectivity index (χ3v) is 1.26. The van der Waals surface area contributed by atoms with Gasteiger partial charge in [0, 0.05) is 6.04 Å². The Morgan fingerprint density at radius 3 is 2.08 bits per heavy atom. The molecular formula is C7H15Cl2FN2. The Kier molecular flexibility index (Phi) is 16.4. The maximum absolute atomic E-state index is 11.7. The minimum atomic E-state index is -0.503. The Bertz CT molecular complexity index is 127. The molecule has 0 fully saturated rings. The first-order valence-electron chi connectivity index (χ1n) is 3.24. The van der Waals surface area contributed by atoms with Crippen LogP contribution in [0.25, 0.3) is 0 Å². The van der Waals surface area contributed by atoms with E-state index in [-0.39, 0.29) is 30.9 Å². The molecule has 0 radical (unpaired) electrons. The van der Waals surface area contributed by atoms with Gasteiger partial charge in [0.25, 0.3) is 0 Å². The van der Waals surface area contributed by atoms with Crippen molar-refractivity contribution in [1.82, 2.24) is 0 Å². The summed E-state index contributed by atoms with van der Waals surface area (Å²) < 4.78 is 11.7. The zero-order chi connectivity index (χ0) is 7.98. The van der Waals surface area contributed by atoms with Crippen LogP contribution in [-0.4, -0.2) is 18.8 Å². The van der Waals surface area contributed by atoms with Gasteiger partial charge in [-0.05, 0) is 12.8 Å². The summed E-state index contributed by atoms with van der Waals surface area (Å²) >= 11 is 0. The van der Waals surface area contributed by atoms with Gasteiger partial charge < -0.3 is 11.5 Å². The highest BCUT2D eigenvalue weighted by Gasteiger charge is 2.03. The van der Waals surface area contributed by atoms with Gasteiger partial charge in [-0.1, -0.05) is 5.92 Å². The highest BCUT2D eigenvalue weighted by atomic mass is 35.5. The Balaban J connectivity index is -0.000000405. The van der Waals surface area contributed by atoms with Crippen molar-refractivity contribution in [3.05, 3.63) is 0 Å². The molecule has 2 atom stereocenters. The molecule has 0 rings (SSSR count). The van der Waals surface area contributed by atoms with Gasteiger partial charge in [-0.15, -0.1) is 31.2 Å². The fourth-order valence-corrected chi connectivity index (χ4v) is 0.554. The molecule has 0 amide bonds. The molecule has 0 aliphatic rings. The zero-order valence-electron chi connectivity index (χ0n) is 6.70. The van der Waals surface area contributed by atoms with Gasteiger partial charge in [-0.2, -0.15) is 0 Å². The van der Waals surface area contributed by atoms with Crippen LogP contribution in [0, 0.1) is 12.3 Å². The summed E-state index contributed by atoms with van der Waals surface area (Å²) in [5.41, 5.74) is 10.6. The summed E-state index contributed by atoms with van der Waals surface area (Å²) in [5.74, 6) is 2.34. The topological polar surface area (TPSA) is 52.0 Å². The minimum absolute atomic E-state index is 0. The van der Waals surface area contributed by atoms with E-state index in [9.17, 15) is 4.39 Å². The largest absolute Gasteiger partial charge is 0.325 e. The second kappa shape index (κ2) is 11.0. The number of hydrogen-bond acceptors (Lipinski definition) is 2. The molecule has 0 heterocycles. The van der Waals surface area contributed by atoms with E-state index in [1.165, 1.54) is 0 Å². The predicted molar refractivity (Wildman–Crippen MR) is 54.5 cm³/mol. The lowest BCUT2D eigenvalue weighted by Crippen LogP contribution is -2.26. The van der Waals surface area contributed by atoms with Crippen molar-refractivity contribution < 1.29 is 4.39 Å². The van der Waals surface area contributed by atoms with E-state index in [4.69, 9.17) is 17.9 Å². The van der Waals surface area contributed by atoms with Gasteiger partial charge in [0.15, 0.2) is 0 Å². The van der Waals surface area contributed by atoms with Crippen molar-refractivity contribution in [2.24, 2.45) is 11.5 Å². The third-order valence-electron chi connectivity index (χ3n) is 1.26. The van der Waals surface area contributed by atoms with E-state index in [2.05, 4.69) is 5.92 Å². The molecule has 0 saturated carbocycles. The zero-order valence-corrected chi connectivity index (χ0v) is 8.34. The second-order valence-corrected chi connectivity index (χ2v) is 2.26. The summed E-state index contributed by atoms with van der Waals surface area (Å²) in [6, 6.07) is -0.683. The van der Waals surface area contributed by atoms with Crippen molar-refractivity contribution in [2.75, 3.05) is 6.67 Å². The molecule has 0 bridgehead atoms. The number of nitrogens with two attached hydrogens (primary N) is 2. The normalized spacial score (nSPS) is 13.2. The van der Waals surface area contributed by atoms with Gasteiger partial charge in [0.2, 0.25) is 0 Å². The van der Waals surface area contributed by atoms with Crippen molar-refractivity contribution in [1.29, 1.82) is 0 Å². The lowest BCUT2D eigenvalue weighted by atomic mass is 10.1. The smallest absolute Gasteiger partial charge is 0.104 e. The molecule has 0 aromatic carbocycles. The monoisotopic (exact) mass is 216 g/mol. The Morgan fingerprint density at radius 2 is 1.75 bits per heavy atom. The summed E-state index contributed by atoms with van der Waals surface area (Å²) in [6.45, 7) is -0.503. The SMILES string of the molecule is C#CC(N)CCC(N)CF.Cl.Cl. The maximum atomic E-state index is 11.7. The molecule has 12 heavy (non-hydrogen) atoms. The number of halogens is 3. The molecule has 0 aromatic rings. The van der Waals surface area contributed by atoms with Crippen LogP contribution in [0.5, 0.6) is 0 Å². The number of rotatable bonds is 4. The average molecular weight is 217 g/mol. The minimum Gasteiger partial charge on any atom is -0.325 e. The molecule has 0 spiro atoms. The number of terminal acetylenes is 1. The first-order chi connectivity index (χ1) is 4.70. The van der Waals surface area contributed by atoms with Gasteiger partial charge in [0.1, 0.15) is 6.67 Å². The second-order valence-electron chi connectivity index (χ2n) is 2.26. The summed E-state index contributed by atoms with van der Waals surface area (Å²) in [5, 5.41) is 0. The quantitative estimate of drug-likeness (QED) is 0.686. The van der Waals surface area contributed by atoms with Crippen molar-refractivity contribution in [2.45, 2.75) is 24.9 Å². The van der Waals surface area contributed by atoms with Crippen LogP contribution in [0.2, 0.25) is 0 Å². The van der Waals surface area contributed by atoms with Crippen molar-refractivity contribution >= 4 is 24.8 Å². The van der Waals surface area contributed by atoms with Gasteiger partial charge in [-0.3, -0.25) is 0 Å². The Morgan fingerprint density at radius 1 is 1.25 bits per heavy atom. The fraction of sp³-hybridized carbons (Fsp3) is 0.714. The maximum Gasteiger partial charge on any atom is 0.104 e. The molecule has 2 nitrogen and oxygen atoms in total. The number of hydrogen-bond donors (Lipinski definition) is 2. The van der Waals surface area contributed by atoms with Crippen LogP contribution < -0.4 is 11.5 Å². The van der Waals surface area contributed by atoms with E-state index >= 15 is 0 Å². The van der Waals surface area contributed by atoms with Crippen LogP contribution in [0.15, 0.2) is 0 Å². The van der Waals surface area contributed by atoms with Gasteiger partial charge >= 0.3 is 0 Å². The predicted octanol–water partition coefficient (Wildman–Crippen LogP) is 0.867. The lowest BCUT2D eigenvalue weighted by molar-refractivity contribution is 0.404. The van der Waals surface area contributed by atoms with E-state index < -0.39 is 12.7 Å². The first kappa shape index (κ1) is 17.9. The van der Waals surface area contributed by atoms with E-state index in [0.717, 1.165) is 0 Å². The average Bonchev–Trinajstić information content (AvgIpc) is 1.99. The van der Waals surface area contributed by atoms with E-state index in [1.807, 2.05) is 0 Å². The molecule has 0 saturated heterocycles. The molecule has 0 aromatic heterocycles. The molecule has 0 aliphatic carbocycles. The summed E-state index contributed by atoms with van der Waals surface area (Å²) in [6.07, 6.45) is 6.15. The van der Waals surface area contributed by atoms with Gasteiger partial charge in [-0.25, -0.2) is 4.39 Å². The molecule has 74 valence electrons. The van der Waals surface area contributed by atoms with Crippen LogP contribution in [0.1, 0.15) is 12.8 Å². The van der Waals surface area contributed by atoms with E-state index in [0.29, 0.717) is 12.8 Å². The van der Waals surface area contributed by atoms with Gasteiger partial charge in [0.05, 0.1) is 6.04 Å². The Hall–Kier alpha value is -0.0100. The van der Waals surface area contributed by atoms with E-state index in [1.54, 1.807) is 0 Å². The molecule has 5 heteroatoms. The van der Waals surface area contributed by atoms with Crippen LogP contribution in [-0.2, 0) is 0 Å². The highest BCUT2D eigenvalue weighted by molar-refractivity contribution is 5.85. The van der Waals surface area contributed by atoms with Crippen molar-refractivity contribution in [3.8, 4) is 12.3 Å². The standard InChI is InChI=1S/C7H13FN2.2ClH/c1-2-6(9)3-4-7(10)5-8;;/h1,6-7H,3-5,9-10H2;2*1H. The molecule has 0 aliphatic heterocycles. The van der Waals surface area contributed by atoms with Crippen molar-refractivity contribution in [3.63, 3.8) is 0 Å².